The van der Waals surface area contributed by atoms with Crippen LogP contribution < -0.4 is 10.6 Å². The summed E-state index contributed by atoms with van der Waals surface area (Å²) in [6.45, 7) is 3.90. The minimum absolute atomic E-state index is 0.0675. The predicted octanol–water partition coefficient (Wildman–Crippen LogP) is 5.85. The van der Waals surface area contributed by atoms with Crippen molar-refractivity contribution in [3.05, 3.63) is 65.2 Å². The highest BCUT2D eigenvalue weighted by Crippen LogP contribution is 2.34. The van der Waals surface area contributed by atoms with Crippen LogP contribution in [0.1, 0.15) is 72.9 Å². The molecule has 1 saturated heterocycles. The summed E-state index contributed by atoms with van der Waals surface area (Å²) in [6, 6.07) is 16.5. The summed E-state index contributed by atoms with van der Waals surface area (Å²) >= 11 is 5.69. The minimum Gasteiger partial charge on any atom is -0.357 e. The van der Waals surface area contributed by atoms with Crippen LogP contribution in [0.15, 0.2) is 48.5 Å². The van der Waals surface area contributed by atoms with Gasteiger partial charge in [-0.05, 0) is 93.9 Å². The van der Waals surface area contributed by atoms with Gasteiger partial charge in [-0.2, -0.15) is 0 Å². The van der Waals surface area contributed by atoms with E-state index in [0.717, 1.165) is 62.9 Å². The number of carbonyl (C=O) groups is 1. The fraction of sp³-hybridized carbons (Fsp3) is 0.481. The van der Waals surface area contributed by atoms with Crippen molar-refractivity contribution in [1.29, 1.82) is 0 Å². The number of amides is 1. The number of piperidine rings is 1. The van der Waals surface area contributed by atoms with Crippen molar-refractivity contribution in [3.63, 3.8) is 0 Å². The number of anilines is 1. The first-order chi connectivity index (χ1) is 15.5. The average molecular weight is 450 g/mol. The monoisotopic (exact) mass is 449 g/mol. The number of carbonyl (C=O) groups excluding carboxylic acids is 1. The molecule has 170 valence electrons. The van der Waals surface area contributed by atoms with E-state index in [-0.39, 0.29) is 11.4 Å². The molecule has 32 heavy (non-hydrogen) atoms. The maximum Gasteiger partial charge on any atom is 0.253 e. The van der Waals surface area contributed by atoms with E-state index in [2.05, 4.69) is 41.8 Å². The maximum atomic E-state index is 12.7. The Bertz CT molecular complexity index is 928. The van der Waals surface area contributed by atoms with Crippen LogP contribution in [-0.4, -0.2) is 34.5 Å². The predicted molar refractivity (Wildman–Crippen MR) is 136 cm³/mol. The third-order valence-electron chi connectivity index (χ3n) is 6.95. The largest absolute Gasteiger partial charge is 0.357 e. The second-order valence-electron chi connectivity index (χ2n) is 9.49. The van der Waals surface area contributed by atoms with E-state index in [1.54, 1.807) is 0 Å². The molecule has 1 aliphatic heterocycles. The molecule has 2 N–H and O–H groups in total. The van der Waals surface area contributed by atoms with Gasteiger partial charge in [0.05, 0.1) is 0 Å². The fourth-order valence-electron chi connectivity index (χ4n) is 5.12. The molecule has 0 bridgehead atoms. The van der Waals surface area contributed by atoms with Gasteiger partial charge in [-0.1, -0.05) is 42.7 Å². The van der Waals surface area contributed by atoms with E-state index in [4.69, 9.17) is 12.2 Å². The first-order valence-corrected chi connectivity index (χ1v) is 12.5. The Morgan fingerprint density at radius 3 is 2.41 bits per heavy atom. The molecule has 2 aromatic rings. The molecule has 2 aromatic carbocycles. The molecule has 1 heterocycles. The molecule has 2 aliphatic rings. The van der Waals surface area contributed by atoms with Crippen LogP contribution in [0.4, 0.5) is 5.69 Å². The summed E-state index contributed by atoms with van der Waals surface area (Å²) in [4.78, 5) is 14.7. The van der Waals surface area contributed by atoms with Crippen molar-refractivity contribution < 1.29 is 4.79 Å². The van der Waals surface area contributed by atoms with Crippen LogP contribution >= 0.6 is 12.2 Å². The normalized spacial score (nSPS) is 17.7. The van der Waals surface area contributed by atoms with E-state index in [9.17, 15) is 4.79 Å². The summed E-state index contributed by atoms with van der Waals surface area (Å²) < 4.78 is 0. The number of benzene rings is 2. The minimum atomic E-state index is 0.0675. The van der Waals surface area contributed by atoms with Gasteiger partial charge in [-0.3, -0.25) is 4.79 Å². The average Bonchev–Trinajstić information content (AvgIpc) is 3.27. The molecule has 4 rings (SSSR count). The lowest BCUT2D eigenvalue weighted by Gasteiger charge is -2.32. The van der Waals surface area contributed by atoms with Crippen molar-refractivity contribution >= 4 is 28.9 Å². The van der Waals surface area contributed by atoms with Crippen molar-refractivity contribution in [3.8, 4) is 0 Å². The molecule has 1 aliphatic carbocycles. The molecule has 0 spiro atoms. The van der Waals surface area contributed by atoms with Gasteiger partial charge in [0.25, 0.3) is 5.91 Å². The molecule has 0 atom stereocenters. The van der Waals surface area contributed by atoms with Crippen molar-refractivity contribution in [2.24, 2.45) is 0 Å². The number of thiocarbonyl (C=S) groups is 1. The second-order valence-corrected chi connectivity index (χ2v) is 9.89. The molecular weight excluding hydrogens is 414 g/mol. The van der Waals surface area contributed by atoms with Gasteiger partial charge in [0.1, 0.15) is 0 Å². The van der Waals surface area contributed by atoms with Gasteiger partial charge < -0.3 is 15.5 Å². The molecule has 2 fully saturated rings. The van der Waals surface area contributed by atoms with Crippen molar-refractivity contribution in [2.75, 3.05) is 18.4 Å². The van der Waals surface area contributed by atoms with E-state index in [1.165, 1.54) is 30.4 Å². The summed E-state index contributed by atoms with van der Waals surface area (Å²) in [7, 11) is 0. The Hall–Kier alpha value is -2.40. The van der Waals surface area contributed by atoms with E-state index in [0.29, 0.717) is 5.11 Å². The van der Waals surface area contributed by atoms with Crippen LogP contribution in [0.3, 0.4) is 0 Å². The lowest BCUT2D eigenvalue weighted by Crippen LogP contribution is -2.48. The topological polar surface area (TPSA) is 44.4 Å². The van der Waals surface area contributed by atoms with E-state index < -0.39 is 0 Å². The first-order valence-electron chi connectivity index (χ1n) is 12.1. The van der Waals surface area contributed by atoms with Crippen LogP contribution in [-0.2, 0) is 6.42 Å². The fourth-order valence-corrected chi connectivity index (χ4v) is 5.45. The number of nitrogens with zero attached hydrogens (tertiary/aromatic N) is 1. The standard InChI is InChI=1S/C27H35N3OS/c1-21-8-7-9-22(20-21)14-17-27(15-3-4-16-27)29-26(32)28-24-12-10-23(11-13-24)25(31)30-18-5-2-6-19-30/h7-13,20H,2-6,14-19H2,1H3,(H2,28,29,32). The highest BCUT2D eigenvalue weighted by atomic mass is 32.1. The number of hydrogen-bond acceptors (Lipinski definition) is 2. The van der Waals surface area contributed by atoms with Gasteiger partial charge in [0, 0.05) is 29.9 Å². The third-order valence-corrected chi connectivity index (χ3v) is 7.15. The van der Waals surface area contributed by atoms with Gasteiger partial charge in [0.15, 0.2) is 5.11 Å². The van der Waals surface area contributed by atoms with Gasteiger partial charge in [-0.15, -0.1) is 0 Å². The smallest absolute Gasteiger partial charge is 0.253 e. The zero-order valence-electron chi connectivity index (χ0n) is 19.2. The molecule has 1 saturated carbocycles. The van der Waals surface area contributed by atoms with Crippen molar-refractivity contribution in [1.82, 2.24) is 10.2 Å². The molecule has 0 radical (unpaired) electrons. The highest BCUT2D eigenvalue weighted by Gasteiger charge is 2.34. The quantitative estimate of drug-likeness (QED) is 0.543. The van der Waals surface area contributed by atoms with Crippen molar-refractivity contribution in [2.45, 2.75) is 70.3 Å². The molecule has 0 aromatic heterocycles. The summed E-state index contributed by atoms with van der Waals surface area (Å²) in [6.07, 6.45) is 10.4. The summed E-state index contributed by atoms with van der Waals surface area (Å²) in [5, 5.41) is 7.67. The third kappa shape index (κ3) is 5.89. The zero-order valence-corrected chi connectivity index (χ0v) is 20.0. The Labute approximate surface area is 197 Å². The number of nitrogens with one attached hydrogen (secondary N) is 2. The van der Waals surface area contributed by atoms with Gasteiger partial charge >= 0.3 is 0 Å². The molecule has 5 heteroatoms. The Kier molecular flexibility index (Phi) is 7.46. The highest BCUT2D eigenvalue weighted by molar-refractivity contribution is 7.80. The van der Waals surface area contributed by atoms with E-state index in [1.807, 2.05) is 29.2 Å². The summed E-state index contributed by atoms with van der Waals surface area (Å²) in [5.41, 5.74) is 4.45. The molecule has 4 nitrogen and oxygen atoms in total. The SMILES string of the molecule is Cc1cccc(CCC2(NC(=S)Nc3ccc(C(=O)N4CCCCC4)cc3)CCCC2)c1. The number of hydrogen-bond donors (Lipinski definition) is 2. The molecule has 1 amide bonds. The maximum absolute atomic E-state index is 12.7. The number of aryl methyl sites for hydroxylation is 2. The van der Waals surface area contributed by atoms with Crippen LogP contribution in [0.5, 0.6) is 0 Å². The Balaban J connectivity index is 1.33. The van der Waals surface area contributed by atoms with Crippen LogP contribution in [0, 0.1) is 6.92 Å². The first kappa shape index (κ1) is 22.8. The van der Waals surface area contributed by atoms with Gasteiger partial charge in [-0.25, -0.2) is 0 Å². The van der Waals surface area contributed by atoms with Gasteiger partial charge in [0.2, 0.25) is 0 Å². The lowest BCUT2D eigenvalue weighted by molar-refractivity contribution is 0.0724. The Morgan fingerprint density at radius 1 is 1.00 bits per heavy atom. The summed E-state index contributed by atoms with van der Waals surface area (Å²) in [5.74, 6) is 0.137. The second kappa shape index (κ2) is 10.5. The van der Waals surface area contributed by atoms with Crippen LogP contribution in [0.25, 0.3) is 0 Å². The van der Waals surface area contributed by atoms with Crippen LogP contribution in [0.2, 0.25) is 0 Å². The Morgan fingerprint density at radius 2 is 1.72 bits per heavy atom. The molecular formula is C27H35N3OS. The number of likely N-dealkylation sites (tertiary alicyclic amines) is 1. The van der Waals surface area contributed by atoms with E-state index >= 15 is 0 Å². The zero-order chi connectivity index (χ0) is 22.4. The lowest BCUT2D eigenvalue weighted by atomic mass is 9.89. The number of rotatable bonds is 6. The molecule has 0 unspecified atom stereocenters.